The largest absolute Gasteiger partial charge is 0.363 e. The van der Waals surface area contributed by atoms with Gasteiger partial charge in [-0.1, -0.05) is 36.4 Å². The topological polar surface area (TPSA) is 62.7 Å². The summed E-state index contributed by atoms with van der Waals surface area (Å²) in [6.07, 6.45) is 1.78. The fourth-order valence-electron chi connectivity index (χ4n) is 2.44. The predicted molar refractivity (Wildman–Crippen MR) is 96.8 cm³/mol. The lowest BCUT2D eigenvalue weighted by molar-refractivity contribution is 0.868. The predicted octanol–water partition coefficient (Wildman–Crippen LogP) is 3.97. The number of hydrogen-bond donors (Lipinski definition) is 2. The standard InChI is InChI=1S/C19H21N5/c1-14-12-18(23-15(2)16-8-4-3-5-9-16)24-19(22-14)21-13-17-10-6-7-11-20-17/h3-12,15H,13H2,1-2H3,(H2,21,22,23,24). The van der Waals surface area contributed by atoms with Gasteiger partial charge >= 0.3 is 0 Å². The lowest BCUT2D eigenvalue weighted by Gasteiger charge is -2.16. The van der Waals surface area contributed by atoms with Crippen molar-refractivity contribution in [2.24, 2.45) is 0 Å². The molecule has 0 aliphatic carbocycles. The van der Waals surface area contributed by atoms with E-state index in [1.807, 2.05) is 49.4 Å². The van der Waals surface area contributed by atoms with Crippen molar-refractivity contribution in [1.82, 2.24) is 15.0 Å². The Kier molecular flexibility index (Phi) is 5.01. The molecular weight excluding hydrogens is 298 g/mol. The van der Waals surface area contributed by atoms with Crippen LogP contribution in [0.4, 0.5) is 11.8 Å². The molecule has 0 spiro atoms. The van der Waals surface area contributed by atoms with E-state index in [2.05, 4.69) is 44.6 Å². The molecule has 24 heavy (non-hydrogen) atoms. The molecule has 2 aromatic heterocycles. The van der Waals surface area contributed by atoms with E-state index >= 15 is 0 Å². The van der Waals surface area contributed by atoms with E-state index in [9.17, 15) is 0 Å². The summed E-state index contributed by atoms with van der Waals surface area (Å²) in [7, 11) is 0. The number of nitrogens with one attached hydrogen (secondary N) is 2. The van der Waals surface area contributed by atoms with Crippen LogP contribution >= 0.6 is 0 Å². The molecule has 0 bridgehead atoms. The van der Waals surface area contributed by atoms with Crippen LogP contribution in [0.5, 0.6) is 0 Å². The first kappa shape index (κ1) is 15.9. The molecule has 2 N–H and O–H groups in total. The minimum absolute atomic E-state index is 0.171. The van der Waals surface area contributed by atoms with Gasteiger partial charge in [0.2, 0.25) is 5.95 Å². The zero-order valence-corrected chi connectivity index (χ0v) is 13.9. The van der Waals surface area contributed by atoms with Crippen LogP contribution in [0.25, 0.3) is 0 Å². The highest BCUT2D eigenvalue weighted by Gasteiger charge is 2.08. The van der Waals surface area contributed by atoms with Gasteiger partial charge in [-0.05, 0) is 31.5 Å². The summed E-state index contributed by atoms with van der Waals surface area (Å²) in [5, 5.41) is 6.66. The summed E-state index contributed by atoms with van der Waals surface area (Å²) in [6, 6.07) is 18.3. The first-order valence-corrected chi connectivity index (χ1v) is 8.01. The summed E-state index contributed by atoms with van der Waals surface area (Å²) in [5.41, 5.74) is 3.09. The molecule has 0 saturated carbocycles. The average Bonchev–Trinajstić information content (AvgIpc) is 2.61. The van der Waals surface area contributed by atoms with Gasteiger partial charge in [-0.3, -0.25) is 4.98 Å². The summed E-state index contributed by atoms with van der Waals surface area (Å²) in [4.78, 5) is 13.3. The maximum Gasteiger partial charge on any atom is 0.225 e. The molecule has 5 nitrogen and oxygen atoms in total. The minimum Gasteiger partial charge on any atom is -0.363 e. The third kappa shape index (κ3) is 4.29. The lowest BCUT2D eigenvalue weighted by Crippen LogP contribution is -2.11. The summed E-state index contributed by atoms with van der Waals surface area (Å²) in [5.74, 6) is 1.41. The highest BCUT2D eigenvalue weighted by Crippen LogP contribution is 2.19. The van der Waals surface area contributed by atoms with Crippen molar-refractivity contribution in [1.29, 1.82) is 0 Å². The SMILES string of the molecule is Cc1cc(NC(C)c2ccccc2)nc(NCc2ccccn2)n1. The van der Waals surface area contributed by atoms with Crippen molar-refractivity contribution in [3.05, 3.63) is 77.7 Å². The molecule has 1 unspecified atom stereocenters. The third-order valence-corrected chi connectivity index (χ3v) is 3.67. The molecule has 0 aliphatic heterocycles. The van der Waals surface area contributed by atoms with Gasteiger partial charge in [-0.25, -0.2) is 4.98 Å². The van der Waals surface area contributed by atoms with Crippen LogP contribution in [0.2, 0.25) is 0 Å². The second-order valence-corrected chi connectivity index (χ2v) is 5.67. The highest BCUT2D eigenvalue weighted by atomic mass is 15.1. The van der Waals surface area contributed by atoms with E-state index in [0.717, 1.165) is 17.2 Å². The van der Waals surface area contributed by atoms with Crippen molar-refractivity contribution in [2.75, 3.05) is 10.6 Å². The molecule has 2 heterocycles. The van der Waals surface area contributed by atoms with E-state index in [1.165, 1.54) is 5.56 Å². The number of rotatable bonds is 6. The normalized spacial score (nSPS) is 11.8. The summed E-state index contributed by atoms with van der Waals surface area (Å²) >= 11 is 0. The van der Waals surface area contributed by atoms with Crippen LogP contribution in [0.3, 0.4) is 0 Å². The Bertz CT molecular complexity index is 774. The maximum absolute atomic E-state index is 4.55. The van der Waals surface area contributed by atoms with Crippen molar-refractivity contribution in [2.45, 2.75) is 26.4 Å². The summed E-state index contributed by atoms with van der Waals surface area (Å²) < 4.78 is 0. The van der Waals surface area contributed by atoms with Crippen LogP contribution in [-0.4, -0.2) is 15.0 Å². The van der Waals surface area contributed by atoms with Crippen LogP contribution in [0, 0.1) is 6.92 Å². The van der Waals surface area contributed by atoms with Crippen molar-refractivity contribution in [3.63, 3.8) is 0 Å². The van der Waals surface area contributed by atoms with Gasteiger partial charge in [0, 0.05) is 24.0 Å². The Balaban J connectivity index is 1.69. The van der Waals surface area contributed by atoms with Crippen molar-refractivity contribution < 1.29 is 0 Å². The molecule has 1 atom stereocenters. The van der Waals surface area contributed by atoms with Gasteiger partial charge in [0.25, 0.3) is 0 Å². The number of anilines is 2. The molecule has 3 aromatic rings. The Hall–Kier alpha value is -2.95. The second kappa shape index (κ2) is 7.55. The van der Waals surface area contributed by atoms with Gasteiger partial charge in [-0.15, -0.1) is 0 Å². The van der Waals surface area contributed by atoms with Gasteiger partial charge in [0.15, 0.2) is 0 Å². The molecular formula is C19H21N5. The van der Waals surface area contributed by atoms with E-state index in [1.54, 1.807) is 6.20 Å². The van der Waals surface area contributed by atoms with Crippen LogP contribution in [0.1, 0.15) is 29.9 Å². The zero-order valence-electron chi connectivity index (χ0n) is 13.9. The van der Waals surface area contributed by atoms with Crippen LogP contribution in [0.15, 0.2) is 60.8 Å². The number of nitrogens with zero attached hydrogens (tertiary/aromatic N) is 3. The molecule has 0 aliphatic rings. The number of aryl methyl sites for hydroxylation is 1. The maximum atomic E-state index is 4.55. The molecule has 5 heteroatoms. The highest BCUT2D eigenvalue weighted by molar-refractivity contribution is 5.44. The number of pyridine rings is 1. The van der Waals surface area contributed by atoms with E-state index in [0.29, 0.717) is 12.5 Å². The van der Waals surface area contributed by atoms with Gasteiger partial charge < -0.3 is 10.6 Å². The molecule has 0 saturated heterocycles. The quantitative estimate of drug-likeness (QED) is 0.720. The Morgan fingerprint density at radius 3 is 2.54 bits per heavy atom. The molecule has 0 fully saturated rings. The van der Waals surface area contributed by atoms with Crippen LogP contribution in [-0.2, 0) is 6.54 Å². The van der Waals surface area contributed by atoms with E-state index in [4.69, 9.17) is 0 Å². The fourth-order valence-corrected chi connectivity index (χ4v) is 2.44. The smallest absolute Gasteiger partial charge is 0.225 e. The zero-order chi connectivity index (χ0) is 16.8. The lowest BCUT2D eigenvalue weighted by atomic mass is 10.1. The molecule has 3 rings (SSSR count). The fraction of sp³-hybridized carbons (Fsp3) is 0.211. The van der Waals surface area contributed by atoms with Gasteiger partial charge in [-0.2, -0.15) is 4.98 Å². The first-order valence-electron chi connectivity index (χ1n) is 8.01. The van der Waals surface area contributed by atoms with E-state index < -0.39 is 0 Å². The van der Waals surface area contributed by atoms with Gasteiger partial charge in [0.1, 0.15) is 5.82 Å². The second-order valence-electron chi connectivity index (χ2n) is 5.67. The van der Waals surface area contributed by atoms with Crippen molar-refractivity contribution >= 4 is 11.8 Å². The average molecular weight is 319 g/mol. The number of aromatic nitrogens is 3. The Morgan fingerprint density at radius 1 is 1.00 bits per heavy atom. The van der Waals surface area contributed by atoms with E-state index in [-0.39, 0.29) is 6.04 Å². The van der Waals surface area contributed by atoms with Gasteiger partial charge in [0.05, 0.1) is 12.2 Å². The number of benzene rings is 1. The minimum atomic E-state index is 0.171. The molecule has 0 amide bonds. The molecule has 122 valence electrons. The third-order valence-electron chi connectivity index (χ3n) is 3.67. The monoisotopic (exact) mass is 319 g/mol. The molecule has 0 radical (unpaired) electrons. The number of hydrogen-bond acceptors (Lipinski definition) is 5. The summed E-state index contributed by atoms with van der Waals surface area (Å²) in [6.45, 7) is 4.68. The Morgan fingerprint density at radius 2 is 1.79 bits per heavy atom. The molecule has 1 aromatic carbocycles. The van der Waals surface area contributed by atoms with Crippen LogP contribution < -0.4 is 10.6 Å². The Labute approximate surface area is 142 Å². The van der Waals surface area contributed by atoms with Crippen molar-refractivity contribution in [3.8, 4) is 0 Å². The first-order chi connectivity index (χ1) is 11.7.